The van der Waals surface area contributed by atoms with Gasteiger partial charge in [-0.25, -0.2) is 13.4 Å². The van der Waals surface area contributed by atoms with Gasteiger partial charge in [0.1, 0.15) is 0 Å². The van der Waals surface area contributed by atoms with Gasteiger partial charge < -0.3 is 9.09 Å². The number of imidazole rings is 1. The number of sulfone groups is 1. The van der Waals surface area contributed by atoms with Crippen molar-refractivity contribution in [2.24, 2.45) is 0 Å². The highest BCUT2D eigenvalue weighted by Gasteiger charge is 2.32. The van der Waals surface area contributed by atoms with Crippen molar-refractivity contribution in [3.05, 3.63) is 42.3 Å². The lowest BCUT2D eigenvalue weighted by Crippen LogP contribution is -2.04. The number of rotatable bonds is 3. The van der Waals surface area contributed by atoms with Crippen LogP contribution in [0.25, 0.3) is 11.0 Å². The molecule has 0 spiro atoms. The van der Waals surface area contributed by atoms with Crippen LogP contribution < -0.4 is 0 Å². The standard InChI is InChI=1S/C14H14N4O3S/c19-22(20)6-5-10(8-22)14-16-13(17-21-14)7-18-9-15-11-3-1-2-4-12(11)18/h1-4,9-10H,5-8H2. The van der Waals surface area contributed by atoms with E-state index in [2.05, 4.69) is 15.1 Å². The predicted molar refractivity (Wildman–Crippen MR) is 79.1 cm³/mol. The lowest BCUT2D eigenvalue weighted by Gasteiger charge is -2.00. The molecule has 0 saturated carbocycles. The molecule has 0 radical (unpaired) electrons. The minimum atomic E-state index is -2.96. The molecule has 4 rings (SSSR count). The molecule has 1 aliphatic rings. The fraction of sp³-hybridized carbons (Fsp3) is 0.357. The van der Waals surface area contributed by atoms with Crippen molar-refractivity contribution < 1.29 is 12.9 Å². The predicted octanol–water partition coefficient (Wildman–Crippen LogP) is 1.37. The lowest BCUT2D eigenvalue weighted by molar-refractivity contribution is 0.355. The van der Waals surface area contributed by atoms with Crippen molar-refractivity contribution in [3.8, 4) is 0 Å². The van der Waals surface area contributed by atoms with E-state index in [1.165, 1.54) is 0 Å². The SMILES string of the molecule is O=S1(=O)CCC(c2nc(Cn3cnc4ccccc43)no2)C1. The Labute approximate surface area is 126 Å². The first kappa shape index (κ1) is 13.4. The van der Waals surface area contributed by atoms with E-state index in [1.807, 2.05) is 28.8 Å². The van der Waals surface area contributed by atoms with Crippen molar-refractivity contribution in [1.82, 2.24) is 19.7 Å². The van der Waals surface area contributed by atoms with Gasteiger partial charge >= 0.3 is 0 Å². The van der Waals surface area contributed by atoms with Crippen LogP contribution in [-0.2, 0) is 16.4 Å². The highest BCUT2D eigenvalue weighted by atomic mass is 32.2. The highest BCUT2D eigenvalue weighted by molar-refractivity contribution is 7.91. The van der Waals surface area contributed by atoms with Gasteiger partial charge in [-0.05, 0) is 18.6 Å². The van der Waals surface area contributed by atoms with Crippen molar-refractivity contribution in [3.63, 3.8) is 0 Å². The fourth-order valence-corrected chi connectivity index (χ4v) is 4.51. The summed E-state index contributed by atoms with van der Waals surface area (Å²) < 4.78 is 30.2. The molecule has 0 aliphatic carbocycles. The maximum Gasteiger partial charge on any atom is 0.230 e. The molecule has 1 saturated heterocycles. The van der Waals surface area contributed by atoms with Crippen LogP contribution in [0.3, 0.4) is 0 Å². The van der Waals surface area contributed by atoms with Crippen LogP contribution in [0.1, 0.15) is 24.1 Å². The van der Waals surface area contributed by atoms with Crippen LogP contribution in [0.5, 0.6) is 0 Å². The van der Waals surface area contributed by atoms with E-state index in [-0.39, 0.29) is 17.4 Å². The number of fused-ring (bicyclic) bond motifs is 1. The summed E-state index contributed by atoms with van der Waals surface area (Å²) in [5.74, 6) is 1.07. The van der Waals surface area contributed by atoms with Gasteiger partial charge in [-0.1, -0.05) is 17.3 Å². The van der Waals surface area contributed by atoms with Gasteiger partial charge in [0, 0.05) is 0 Å². The molecular weight excluding hydrogens is 304 g/mol. The van der Waals surface area contributed by atoms with Crippen LogP contribution in [0.2, 0.25) is 0 Å². The van der Waals surface area contributed by atoms with Gasteiger partial charge in [0.15, 0.2) is 15.7 Å². The van der Waals surface area contributed by atoms with E-state index in [1.54, 1.807) is 6.33 Å². The third kappa shape index (κ3) is 2.39. The Hall–Kier alpha value is -2.22. The van der Waals surface area contributed by atoms with E-state index in [0.717, 1.165) is 11.0 Å². The molecule has 22 heavy (non-hydrogen) atoms. The van der Waals surface area contributed by atoms with Gasteiger partial charge in [-0.2, -0.15) is 4.98 Å². The Morgan fingerprint density at radius 3 is 3.00 bits per heavy atom. The fourth-order valence-electron chi connectivity index (χ4n) is 2.78. The number of nitrogens with zero attached hydrogens (tertiary/aromatic N) is 4. The van der Waals surface area contributed by atoms with Crippen LogP contribution >= 0.6 is 0 Å². The first-order chi connectivity index (χ1) is 10.6. The average Bonchev–Trinajstić information content (AvgIpc) is 3.19. The summed E-state index contributed by atoms with van der Waals surface area (Å²) in [6.07, 6.45) is 2.29. The largest absolute Gasteiger partial charge is 0.339 e. The van der Waals surface area contributed by atoms with Crippen molar-refractivity contribution >= 4 is 20.9 Å². The molecule has 7 nitrogen and oxygen atoms in total. The molecule has 3 aromatic rings. The number of benzene rings is 1. The molecule has 3 heterocycles. The van der Waals surface area contributed by atoms with Crippen molar-refractivity contribution in [1.29, 1.82) is 0 Å². The van der Waals surface area contributed by atoms with Crippen LogP contribution in [0.4, 0.5) is 0 Å². The second-order valence-electron chi connectivity index (χ2n) is 5.51. The quantitative estimate of drug-likeness (QED) is 0.724. The Kier molecular flexibility index (Phi) is 3.00. The van der Waals surface area contributed by atoms with Crippen LogP contribution in [0.15, 0.2) is 35.1 Å². The van der Waals surface area contributed by atoms with Gasteiger partial charge in [-0.3, -0.25) is 0 Å². The molecule has 1 aromatic carbocycles. The Morgan fingerprint density at radius 1 is 1.32 bits per heavy atom. The molecule has 8 heteroatoms. The smallest absolute Gasteiger partial charge is 0.230 e. The maximum atomic E-state index is 11.5. The van der Waals surface area contributed by atoms with Gasteiger partial charge in [-0.15, -0.1) is 0 Å². The number of para-hydroxylation sites is 2. The molecule has 1 atom stereocenters. The zero-order valence-electron chi connectivity index (χ0n) is 11.7. The highest BCUT2D eigenvalue weighted by Crippen LogP contribution is 2.27. The normalized spacial score (nSPS) is 20.6. The minimum absolute atomic E-state index is 0.0998. The van der Waals surface area contributed by atoms with E-state index in [0.29, 0.717) is 24.7 Å². The molecular formula is C14H14N4O3S. The third-order valence-electron chi connectivity index (χ3n) is 3.90. The van der Waals surface area contributed by atoms with Gasteiger partial charge in [0.2, 0.25) is 5.89 Å². The second-order valence-corrected chi connectivity index (χ2v) is 7.74. The molecule has 2 aromatic heterocycles. The zero-order valence-corrected chi connectivity index (χ0v) is 12.5. The van der Waals surface area contributed by atoms with Crippen molar-refractivity contribution in [2.75, 3.05) is 11.5 Å². The molecule has 1 aliphatic heterocycles. The van der Waals surface area contributed by atoms with E-state index >= 15 is 0 Å². The number of hydrogen-bond acceptors (Lipinski definition) is 6. The summed E-state index contributed by atoms with van der Waals surface area (Å²) in [4.78, 5) is 8.66. The average molecular weight is 318 g/mol. The summed E-state index contributed by atoms with van der Waals surface area (Å²) in [5, 5.41) is 3.96. The van der Waals surface area contributed by atoms with Gasteiger partial charge in [0.05, 0.1) is 41.3 Å². The molecule has 0 bridgehead atoms. The Balaban J connectivity index is 1.57. The summed E-state index contributed by atoms with van der Waals surface area (Å²) >= 11 is 0. The van der Waals surface area contributed by atoms with Gasteiger partial charge in [0.25, 0.3) is 0 Å². The molecule has 0 amide bonds. The molecule has 1 fully saturated rings. The second kappa shape index (κ2) is 4.91. The Morgan fingerprint density at radius 2 is 2.18 bits per heavy atom. The monoisotopic (exact) mass is 318 g/mol. The molecule has 0 N–H and O–H groups in total. The summed E-state index contributed by atoms with van der Waals surface area (Å²) in [5.41, 5.74) is 1.91. The van der Waals surface area contributed by atoms with E-state index in [9.17, 15) is 8.42 Å². The molecule has 114 valence electrons. The first-order valence-electron chi connectivity index (χ1n) is 7.03. The van der Waals surface area contributed by atoms with E-state index < -0.39 is 9.84 Å². The summed E-state index contributed by atoms with van der Waals surface area (Å²) in [7, 11) is -2.96. The lowest BCUT2D eigenvalue weighted by atomic mass is 10.1. The maximum absolute atomic E-state index is 11.5. The third-order valence-corrected chi connectivity index (χ3v) is 5.67. The first-order valence-corrected chi connectivity index (χ1v) is 8.86. The van der Waals surface area contributed by atoms with E-state index in [4.69, 9.17) is 4.52 Å². The topological polar surface area (TPSA) is 90.9 Å². The van der Waals surface area contributed by atoms with Crippen LogP contribution in [0, 0.1) is 0 Å². The van der Waals surface area contributed by atoms with Crippen molar-refractivity contribution in [2.45, 2.75) is 18.9 Å². The Bertz CT molecular complexity index is 928. The summed E-state index contributed by atoms with van der Waals surface area (Å²) in [6.45, 7) is 0.448. The molecule has 1 unspecified atom stereocenters. The number of hydrogen-bond donors (Lipinski definition) is 0. The summed E-state index contributed by atoms with van der Waals surface area (Å²) in [6, 6.07) is 7.81. The van der Waals surface area contributed by atoms with Crippen LogP contribution in [-0.4, -0.2) is 39.6 Å². The number of aromatic nitrogens is 4. The zero-order chi connectivity index (χ0) is 15.2. The minimum Gasteiger partial charge on any atom is -0.339 e.